The maximum absolute atomic E-state index is 11.0. The Hall–Kier alpha value is -0.130. The average molecular weight is 178 g/mol. The Morgan fingerprint density at radius 1 is 1.45 bits per heavy atom. The highest BCUT2D eigenvalue weighted by Gasteiger charge is 2.57. The van der Waals surface area contributed by atoms with E-state index in [-0.39, 0.29) is 10.7 Å². The molecule has 4 nitrogen and oxygen atoms in total. The summed E-state index contributed by atoms with van der Waals surface area (Å²) in [7, 11) is -2.92. The molecule has 66 valence electrons. The van der Waals surface area contributed by atoms with E-state index in [4.69, 9.17) is 11.5 Å². The molecule has 0 spiro atoms. The molecule has 0 aromatic heterocycles. The zero-order chi connectivity index (χ0) is 8.70. The molecule has 11 heavy (non-hydrogen) atoms. The van der Waals surface area contributed by atoms with Gasteiger partial charge in [-0.25, -0.2) is 8.42 Å². The second-order valence-corrected chi connectivity index (χ2v) is 5.52. The van der Waals surface area contributed by atoms with Crippen LogP contribution in [-0.2, 0) is 9.84 Å². The molecule has 1 aliphatic carbocycles. The first-order valence-electron chi connectivity index (χ1n) is 3.55. The number of hydrogen-bond acceptors (Lipinski definition) is 4. The van der Waals surface area contributed by atoms with Crippen molar-refractivity contribution in [2.75, 3.05) is 19.3 Å². The molecule has 0 heterocycles. The number of rotatable bonds is 3. The van der Waals surface area contributed by atoms with E-state index in [1.807, 2.05) is 0 Å². The fourth-order valence-electron chi connectivity index (χ4n) is 1.43. The number of hydrogen-bond donors (Lipinski definition) is 2. The summed E-state index contributed by atoms with van der Waals surface area (Å²) in [6.45, 7) is 0.752. The first-order chi connectivity index (χ1) is 4.96. The Labute approximate surface area is 66.9 Å². The Balaban J connectivity index is 2.73. The Morgan fingerprint density at radius 2 is 1.91 bits per heavy atom. The average Bonchev–Trinajstić information content (AvgIpc) is 2.61. The molecule has 1 fully saturated rings. The van der Waals surface area contributed by atoms with E-state index in [1.165, 1.54) is 6.26 Å². The second kappa shape index (κ2) is 2.43. The Bertz CT molecular complexity index is 243. The van der Waals surface area contributed by atoms with E-state index in [0.717, 1.165) is 0 Å². The molecule has 1 saturated carbocycles. The van der Waals surface area contributed by atoms with E-state index in [9.17, 15) is 8.42 Å². The summed E-state index contributed by atoms with van der Waals surface area (Å²) < 4.78 is 22.0. The van der Waals surface area contributed by atoms with Gasteiger partial charge in [0.1, 0.15) is 0 Å². The van der Waals surface area contributed by atoms with Gasteiger partial charge in [-0.15, -0.1) is 0 Å². The van der Waals surface area contributed by atoms with Crippen LogP contribution in [0.5, 0.6) is 0 Å². The van der Waals surface area contributed by atoms with Crippen LogP contribution in [0.4, 0.5) is 0 Å². The summed E-state index contributed by atoms with van der Waals surface area (Å²) in [6.07, 6.45) is 1.88. The zero-order valence-corrected chi connectivity index (χ0v) is 7.39. The predicted molar refractivity (Wildman–Crippen MR) is 43.8 cm³/mol. The van der Waals surface area contributed by atoms with Crippen molar-refractivity contribution in [2.24, 2.45) is 16.9 Å². The SMILES string of the molecule is CS(=O)(=O)[C@H]1CC1(CN)CN. The lowest BCUT2D eigenvalue weighted by molar-refractivity contribution is 0.527. The quantitative estimate of drug-likeness (QED) is 0.563. The summed E-state index contributed by atoms with van der Waals surface area (Å²) in [4.78, 5) is 0. The summed E-state index contributed by atoms with van der Waals surface area (Å²) in [5, 5.41) is -0.287. The van der Waals surface area contributed by atoms with E-state index in [0.29, 0.717) is 19.5 Å². The van der Waals surface area contributed by atoms with Gasteiger partial charge in [-0.3, -0.25) is 0 Å². The predicted octanol–water partition coefficient (Wildman–Crippen LogP) is -1.29. The standard InChI is InChI=1S/C6H14N2O2S/c1-11(9,10)5-2-6(5,3-7)4-8/h5H,2-4,7-8H2,1H3/t5-/m0/s1. The molecule has 0 aliphatic heterocycles. The van der Waals surface area contributed by atoms with Gasteiger partial charge in [0.25, 0.3) is 0 Å². The third kappa shape index (κ3) is 1.40. The number of nitrogens with two attached hydrogens (primary N) is 2. The van der Waals surface area contributed by atoms with Gasteiger partial charge in [0, 0.05) is 24.8 Å². The Kier molecular flexibility index (Phi) is 1.98. The Morgan fingerprint density at radius 3 is 2.00 bits per heavy atom. The monoisotopic (exact) mass is 178 g/mol. The van der Waals surface area contributed by atoms with Crippen LogP contribution in [0.2, 0.25) is 0 Å². The molecule has 0 unspecified atom stereocenters. The molecule has 0 saturated heterocycles. The first-order valence-corrected chi connectivity index (χ1v) is 5.51. The van der Waals surface area contributed by atoms with Crippen molar-refractivity contribution in [1.82, 2.24) is 0 Å². The van der Waals surface area contributed by atoms with E-state index in [1.54, 1.807) is 0 Å². The minimum Gasteiger partial charge on any atom is -0.330 e. The van der Waals surface area contributed by atoms with Gasteiger partial charge >= 0.3 is 0 Å². The molecular formula is C6H14N2O2S. The minimum atomic E-state index is -2.92. The zero-order valence-electron chi connectivity index (χ0n) is 6.58. The fraction of sp³-hybridized carbons (Fsp3) is 1.00. The molecule has 1 atom stereocenters. The largest absolute Gasteiger partial charge is 0.330 e. The van der Waals surface area contributed by atoms with E-state index >= 15 is 0 Å². The van der Waals surface area contributed by atoms with Gasteiger partial charge in [0.15, 0.2) is 9.84 Å². The molecule has 0 amide bonds. The van der Waals surface area contributed by atoms with Crippen LogP contribution in [0.1, 0.15) is 6.42 Å². The van der Waals surface area contributed by atoms with Gasteiger partial charge in [0.2, 0.25) is 0 Å². The fourth-order valence-corrected chi connectivity index (χ4v) is 3.16. The molecule has 4 N–H and O–H groups in total. The normalized spacial score (nSPS) is 28.5. The van der Waals surface area contributed by atoms with Crippen LogP contribution >= 0.6 is 0 Å². The molecule has 1 rings (SSSR count). The first kappa shape index (κ1) is 8.96. The number of sulfone groups is 1. The highest BCUT2D eigenvalue weighted by Crippen LogP contribution is 2.48. The van der Waals surface area contributed by atoms with Crippen LogP contribution in [0.25, 0.3) is 0 Å². The molecule has 0 radical (unpaired) electrons. The van der Waals surface area contributed by atoms with Gasteiger partial charge in [-0.1, -0.05) is 0 Å². The van der Waals surface area contributed by atoms with Gasteiger partial charge in [-0.2, -0.15) is 0 Å². The molecule has 0 aromatic rings. The molecular weight excluding hydrogens is 164 g/mol. The van der Waals surface area contributed by atoms with Crippen molar-refractivity contribution >= 4 is 9.84 Å². The summed E-state index contributed by atoms with van der Waals surface area (Å²) in [6, 6.07) is 0. The van der Waals surface area contributed by atoms with Crippen molar-refractivity contribution in [1.29, 1.82) is 0 Å². The van der Waals surface area contributed by atoms with Crippen molar-refractivity contribution in [2.45, 2.75) is 11.7 Å². The smallest absolute Gasteiger partial charge is 0.150 e. The van der Waals surface area contributed by atoms with Gasteiger partial charge in [-0.05, 0) is 6.42 Å². The van der Waals surface area contributed by atoms with Crippen molar-refractivity contribution in [3.63, 3.8) is 0 Å². The van der Waals surface area contributed by atoms with E-state index < -0.39 is 9.84 Å². The van der Waals surface area contributed by atoms with Crippen molar-refractivity contribution < 1.29 is 8.42 Å². The van der Waals surface area contributed by atoms with Crippen molar-refractivity contribution in [3.8, 4) is 0 Å². The molecule has 5 heteroatoms. The molecule has 0 aromatic carbocycles. The van der Waals surface area contributed by atoms with Crippen LogP contribution < -0.4 is 11.5 Å². The van der Waals surface area contributed by atoms with Crippen LogP contribution in [-0.4, -0.2) is 33.0 Å². The van der Waals surface area contributed by atoms with Crippen molar-refractivity contribution in [3.05, 3.63) is 0 Å². The topological polar surface area (TPSA) is 86.2 Å². The summed E-state index contributed by atoms with van der Waals surface area (Å²) in [5.74, 6) is 0. The second-order valence-electron chi connectivity index (χ2n) is 3.29. The van der Waals surface area contributed by atoms with Crippen LogP contribution in [0.15, 0.2) is 0 Å². The molecule has 0 bridgehead atoms. The highest BCUT2D eigenvalue weighted by molar-refractivity contribution is 7.91. The molecule has 1 aliphatic rings. The maximum Gasteiger partial charge on any atom is 0.150 e. The highest BCUT2D eigenvalue weighted by atomic mass is 32.2. The minimum absolute atomic E-state index is 0.287. The third-order valence-corrected chi connectivity index (χ3v) is 4.15. The van der Waals surface area contributed by atoms with Gasteiger partial charge < -0.3 is 11.5 Å². The summed E-state index contributed by atoms with van der Waals surface area (Å²) >= 11 is 0. The lowest BCUT2D eigenvalue weighted by Gasteiger charge is -2.09. The van der Waals surface area contributed by atoms with Crippen LogP contribution in [0.3, 0.4) is 0 Å². The lowest BCUT2D eigenvalue weighted by atomic mass is 10.1. The maximum atomic E-state index is 11.0. The lowest BCUT2D eigenvalue weighted by Crippen LogP contribution is -2.30. The van der Waals surface area contributed by atoms with Crippen LogP contribution in [0, 0.1) is 5.41 Å². The summed E-state index contributed by atoms with van der Waals surface area (Å²) in [5.41, 5.74) is 10.5. The van der Waals surface area contributed by atoms with E-state index in [2.05, 4.69) is 0 Å². The van der Waals surface area contributed by atoms with Gasteiger partial charge in [0.05, 0.1) is 5.25 Å². The third-order valence-electron chi connectivity index (χ3n) is 2.44.